The van der Waals surface area contributed by atoms with Gasteiger partial charge in [-0.3, -0.25) is 0 Å². The maximum absolute atomic E-state index is 13.5. The molecule has 2 fully saturated rings. The molecule has 126 valence electrons. The van der Waals surface area contributed by atoms with E-state index in [9.17, 15) is 13.2 Å². The normalized spacial score (nSPS) is 23.2. The van der Waals surface area contributed by atoms with E-state index in [4.69, 9.17) is 21.1 Å². The van der Waals surface area contributed by atoms with Crippen molar-refractivity contribution in [2.45, 2.75) is 24.6 Å². The van der Waals surface area contributed by atoms with Crippen LogP contribution in [0, 0.1) is 5.92 Å². The summed E-state index contributed by atoms with van der Waals surface area (Å²) in [5.74, 6) is 0.413. The molecule has 1 aliphatic heterocycles. The first-order valence-electron chi connectivity index (χ1n) is 7.54. The first-order valence-corrected chi connectivity index (χ1v) is 7.92. The number of nitrogens with zero attached hydrogens (tertiary/aromatic N) is 1. The lowest BCUT2D eigenvalue weighted by Gasteiger charge is -2.18. The molecule has 1 atom stereocenters. The Morgan fingerprint density at radius 3 is 2.33 bits per heavy atom. The van der Waals surface area contributed by atoms with E-state index in [1.54, 1.807) is 24.3 Å². The molecule has 0 N–H and O–H groups in total. The van der Waals surface area contributed by atoms with Gasteiger partial charge in [0.1, 0.15) is 11.4 Å². The number of aromatic nitrogens is 1. The second kappa shape index (κ2) is 5.36. The Hall–Kier alpha value is -1.79. The summed E-state index contributed by atoms with van der Waals surface area (Å²) in [5.41, 5.74) is -1.63. The van der Waals surface area contributed by atoms with E-state index < -0.39 is 17.5 Å². The first-order chi connectivity index (χ1) is 11.4. The quantitative estimate of drug-likeness (QED) is 0.709. The van der Waals surface area contributed by atoms with E-state index in [2.05, 4.69) is 4.98 Å². The maximum Gasteiger partial charge on any atom is 0.433 e. The molecule has 7 heteroatoms. The lowest BCUT2D eigenvalue weighted by Crippen LogP contribution is -2.21. The third-order valence-corrected chi connectivity index (χ3v) is 4.57. The zero-order chi connectivity index (χ0) is 16.9. The number of benzene rings is 1. The van der Waals surface area contributed by atoms with E-state index in [1.807, 2.05) is 0 Å². The standard InChI is InChI=1S/C17H13ClF3NO2/c18-11-3-5-12(6-4-11)24-14-8-7-13(15(22-14)17(19,20)21)16(9-23-16)10-1-2-10/h3-8,10H,1-2,9H2. The first kappa shape index (κ1) is 15.7. The van der Waals surface area contributed by atoms with Gasteiger partial charge in [0.25, 0.3) is 0 Å². The van der Waals surface area contributed by atoms with Crippen LogP contribution < -0.4 is 4.74 Å². The summed E-state index contributed by atoms with van der Waals surface area (Å²) in [6.45, 7) is 0.319. The van der Waals surface area contributed by atoms with Crippen molar-refractivity contribution in [2.24, 2.45) is 5.92 Å². The van der Waals surface area contributed by atoms with Crippen molar-refractivity contribution in [3.05, 3.63) is 52.7 Å². The highest BCUT2D eigenvalue weighted by molar-refractivity contribution is 6.30. The topological polar surface area (TPSA) is 34.6 Å². The van der Waals surface area contributed by atoms with Crippen LogP contribution >= 0.6 is 11.6 Å². The van der Waals surface area contributed by atoms with E-state index in [-0.39, 0.29) is 17.4 Å². The van der Waals surface area contributed by atoms with Crippen molar-refractivity contribution < 1.29 is 22.6 Å². The average Bonchev–Trinajstić information content (AvgIpc) is 3.41. The number of hydrogen-bond acceptors (Lipinski definition) is 3. The van der Waals surface area contributed by atoms with E-state index in [1.165, 1.54) is 12.1 Å². The molecule has 1 saturated carbocycles. The molecular weight excluding hydrogens is 343 g/mol. The largest absolute Gasteiger partial charge is 0.439 e. The zero-order valence-electron chi connectivity index (χ0n) is 12.4. The summed E-state index contributed by atoms with van der Waals surface area (Å²) in [6, 6.07) is 9.20. The van der Waals surface area contributed by atoms with Crippen LogP contribution in [0.25, 0.3) is 0 Å². The van der Waals surface area contributed by atoms with Crippen LogP contribution in [0.15, 0.2) is 36.4 Å². The van der Waals surface area contributed by atoms with Gasteiger partial charge in [0.2, 0.25) is 5.88 Å². The van der Waals surface area contributed by atoms with E-state index >= 15 is 0 Å². The fourth-order valence-corrected chi connectivity index (χ4v) is 3.04. The zero-order valence-corrected chi connectivity index (χ0v) is 13.2. The Balaban J connectivity index is 1.69. The Bertz CT molecular complexity index is 768. The van der Waals surface area contributed by atoms with Crippen LogP contribution in [0.5, 0.6) is 11.6 Å². The summed E-state index contributed by atoms with van der Waals surface area (Å²) in [4.78, 5) is 3.72. The molecule has 2 aromatic rings. The van der Waals surface area contributed by atoms with Crippen molar-refractivity contribution in [3.63, 3.8) is 0 Å². The summed E-state index contributed by atoms with van der Waals surface area (Å²) < 4.78 is 51.3. The third kappa shape index (κ3) is 2.84. The molecule has 0 amide bonds. The Labute approximate surface area is 141 Å². The van der Waals surface area contributed by atoms with Gasteiger partial charge in [0.05, 0.1) is 6.61 Å². The lowest BCUT2D eigenvalue weighted by atomic mass is 9.93. The highest BCUT2D eigenvalue weighted by atomic mass is 35.5. The van der Waals surface area contributed by atoms with Gasteiger partial charge in [-0.05, 0) is 49.1 Å². The third-order valence-electron chi connectivity index (χ3n) is 4.32. The predicted molar refractivity (Wildman–Crippen MR) is 81.1 cm³/mol. The van der Waals surface area contributed by atoms with Crippen LogP contribution in [0.3, 0.4) is 0 Å². The molecule has 2 aliphatic rings. The second-order valence-electron chi connectivity index (χ2n) is 6.05. The minimum atomic E-state index is -4.57. The molecule has 0 radical (unpaired) electrons. The van der Waals surface area contributed by atoms with Gasteiger partial charge < -0.3 is 9.47 Å². The lowest BCUT2D eigenvalue weighted by molar-refractivity contribution is -0.142. The molecule has 0 bridgehead atoms. The molecule has 1 aromatic heterocycles. The number of pyridine rings is 1. The molecule has 2 heterocycles. The minimum Gasteiger partial charge on any atom is -0.439 e. The second-order valence-corrected chi connectivity index (χ2v) is 6.49. The molecule has 0 spiro atoms. The van der Waals surface area contributed by atoms with Gasteiger partial charge in [-0.25, -0.2) is 4.98 Å². The molecule has 3 nitrogen and oxygen atoms in total. The number of hydrogen-bond donors (Lipinski definition) is 0. The Kier molecular flexibility index (Phi) is 3.51. The molecular formula is C17H13ClF3NO2. The van der Waals surface area contributed by atoms with Gasteiger partial charge in [0, 0.05) is 16.7 Å². The van der Waals surface area contributed by atoms with E-state index in [0.717, 1.165) is 12.8 Å². The van der Waals surface area contributed by atoms with Gasteiger partial charge >= 0.3 is 6.18 Å². The van der Waals surface area contributed by atoms with Crippen LogP contribution in [0.1, 0.15) is 24.1 Å². The fraction of sp³-hybridized carbons (Fsp3) is 0.353. The summed E-state index contributed by atoms with van der Waals surface area (Å²) in [7, 11) is 0. The van der Waals surface area contributed by atoms with Crippen LogP contribution in [-0.2, 0) is 16.5 Å². The molecule has 1 aliphatic carbocycles. The summed E-state index contributed by atoms with van der Waals surface area (Å²) >= 11 is 5.78. The van der Waals surface area contributed by atoms with Crippen molar-refractivity contribution in [2.75, 3.05) is 6.61 Å². The summed E-state index contributed by atoms with van der Waals surface area (Å²) in [6.07, 6.45) is -2.79. The number of rotatable bonds is 4. The maximum atomic E-state index is 13.5. The molecule has 1 saturated heterocycles. The Morgan fingerprint density at radius 1 is 1.12 bits per heavy atom. The highest BCUT2D eigenvalue weighted by Crippen LogP contribution is 2.58. The number of ether oxygens (including phenoxy) is 2. The molecule has 1 unspecified atom stereocenters. The smallest absolute Gasteiger partial charge is 0.433 e. The number of alkyl halides is 3. The predicted octanol–water partition coefficient (Wildman–Crippen LogP) is 5.18. The molecule has 4 rings (SSSR count). The van der Waals surface area contributed by atoms with Crippen molar-refractivity contribution >= 4 is 11.6 Å². The molecule has 24 heavy (non-hydrogen) atoms. The molecule has 1 aromatic carbocycles. The van der Waals surface area contributed by atoms with Crippen LogP contribution in [0.4, 0.5) is 13.2 Å². The SMILES string of the molecule is FC(F)(F)c1nc(Oc2ccc(Cl)cc2)ccc1C1(C2CC2)CO1. The van der Waals surface area contributed by atoms with Crippen molar-refractivity contribution in [1.29, 1.82) is 0 Å². The minimum absolute atomic E-state index is 0.111. The van der Waals surface area contributed by atoms with Gasteiger partial charge in [0.15, 0.2) is 5.69 Å². The van der Waals surface area contributed by atoms with Gasteiger partial charge in [-0.2, -0.15) is 13.2 Å². The van der Waals surface area contributed by atoms with Crippen LogP contribution in [0.2, 0.25) is 5.02 Å². The van der Waals surface area contributed by atoms with E-state index in [0.29, 0.717) is 17.4 Å². The monoisotopic (exact) mass is 355 g/mol. The fourth-order valence-electron chi connectivity index (χ4n) is 2.92. The van der Waals surface area contributed by atoms with Gasteiger partial charge in [-0.1, -0.05) is 11.6 Å². The van der Waals surface area contributed by atoms with Crippen molar-refractivity contribution in [3.8, 4) is 11.6 Å². The highest BCUT2D eigenvalue weighted by Gasteiger charge is 2.60. The van der Waals surface area contributed by atoms with Crippen LogP contribution in [-0.4, -0.2) is 11.6 Å². The number of epoxide rings is 1. The summed E-state index contributed by atoms with van der Waals surface area (Å²) in [5, 5.41) is 0.513. The number of halogens is 4. The van der Waals surface area contributed by atoms with Gasteiger partial charge in [-0.15, -0.1) is 0 Å². The van der Waals surface area contributed by atoms with Crippen molar-refractivity contribution in [1.82, 2.24) is 4.98 Å². The Morgan fingerprint density at radius 2 is 1.79 bits per heavy atom. The average molecular weight is 356 g/mol.